The largest absolute Gasteiger partial charge is 0.314 e. The molecule has 2 rings (SSSR count). The van der Waals surface area contributed by atoms with Crippen LogP contribution in [0.4, 0.5) is 0 Å². The van der Waals surface area contributed by atoms with Crippen molar-refractivity contribution in [2.75, 3.05) is 6.54 Å². The van der Waals surface area contributed by atoms with Gasteiger partial charge in [0.05, 0.1) is 0 Å². The van der Waals surface area contributed by atoms with Gasteiger partial charge in [0.1, 0.15) is 0 Å². The minimum Gasteiger partial charge on any atom is -0.314 e. The third-order valence-corrected chi connectivity index (χ3v) is 4.82. The summed E-state index contributed by atoms with van der Waals surface area (Å²) in [4.78, 5) is 0. The zero-order chi connectivity index (χ0) is 11.4. The maximum Gasteiger partial charge on any atom is 0.00672 e. The normalized spacial score (nSPS) is 33.4. The molecule has 0 saturated heterocycles. The van der Waals surface area contributed by atoms with Crippen LogP contribution in [0, 0.1) is 17.8 Å². The topological polar surface area (TPSA) is 12.0 Å². The van der Waals surface area contributed by atoms with Crippen LogP contribution in [0.2, 0.25) is 0 Å². The van der Waals surface area contributed by atoms with Crippen molar-refractivity contribution in [2.24, 2.45) is 17.8 Å². The second-order valence-electron chi connectivity index (χ2n) is 6.20. The first kappa shape index (κ1) is 12.4. The van der Waals surface area contributed by atoms with Crippen LogP contribution in [0.1, 0.15) is 65.2 Å². The number of hydrogen-bond acceptors (Lipinski definition) is 1. The molecule has 1 nitrogen and oxygen atoms in total. The molecule has 0 aliphatic heterocycles. The molecular weight excluding hydrogens is 194 g/mol. The van der Waals surface area contributed by atoms with E-state index in [2.05, 4.69) is 19.2 Å². The zero-order valence-electron chi connectivity index (χ0n) is 11.2. The highest BCUT2D eigenvalue weighted by Gasteiger charge is 2.28. The molecule has 0 spiro atoms. The fourth-order valence-electron chi connectivity index (χ4n) is 3.18. The van der Waals surface area contributed by atoms with Gasteiger partial charge in [-0.25, -0.2) is 0 Å². The Morgan fingerprint density at radius 2 is 1.88 bits per heavy atom. The molecule has 0 amide bonds. The highest BCUT2D eigenvalue weighted by molar-refractivity contribution is 4.82. The van der Waals surface area contributed by atoms with E-state index in [4.69, 9.17) is 0 Å². The molecule has 0 aromatic rings. The average molecular weight is 223 g/mol. The molecule has 1 N–H and O–H groups in total. The van der Waals surface area contributed by atoms with Crippen molar-refractivity contribution in [2.45, 2.75) is 71.3 Å². The van der Waals surface area contributed by atoms with Gasteiger partial charge in [0.15, 0.2) is 0 Å². The fraction of sp³-hybridized carbons (Fsp3) is 1.00. The molecule has 94 valence electrons. The van der Waals surface area contributed by atoms with Crippen molar-refractivity contribution in [3.05, 3.63) is 0 Å². The summed E-state index contributed by atoms with van der Waals surface area (Å²) in [6.45, 7) is 6.05. The smallest absolute Gasteiger partial charge is 0.00672 e. The Labute approximate surface area is 101 Å². The van der Waals surface area contributed by atoms with Crippen LogP contribution in [0.15, 0.2) is 0 Å². The van der Waals surface area contributed by atoms with Crippen LogP contribution in [0.5, 0.6) is 0 Å². The first-order chi connectivity index (χ1) is 7.79. The number of rotatable bonds is 5. The molecule has 0 aromatic heterocycles. The Bertz CT molecular complexity index is 198. The van der Waals surface area contributed by atoms with Crippen LogP contribution in [-0.2, 0) is 0 Å². The predicted octanol–water partition coefficient (Wildman–Crippen LogP) is 3.98. The molecule has 0 bridgehead atoms. The lowest BCUT2D eigenvalue weighted by atomic mass is 9.97. The molecule has 2 aliphatic carbocycles. The van der Waals surface area contributed by atoms with Crippen molar-refractivity contribution < 1.29 is 0 Å². The number of nitrogens with one attached hydrogen (secondary N) is 1. The van der Waals surface area contributed by atoms with Gasteiger partial charge in [0.2, 0.25) is 0 Å². The minimum absolute atomic E-state index is 0.831. The summed E-state index contributed by atoms with van der Waals surface area (Å²) >= 11 is 0. The Morgan fingerprint density at radius 1 is 1.06 bits per heavy atom. The third kappa shape index (κ3) is 3.76. The summed E-state index contributed by atoms with van der Waals surface area (Å²) < 4.78 is 0. The van der Waals surface area contributed by atoms with Crippen molar-refractivity contribution in [1.29, 1.82) is 0 Å². The van der Waals surface area contributed by atoms with E-state index in [0.717, 1.165) is 23.8 Å². The summed E-state index contributed by atoms with van der Waals surface area (Å²) in [6.07, 6.45) is 11.6. The van der Waals surface area contributed by atoms with Crippen molar-refractivity contribution in [3.63, 3.8) is 0 Å². The molecule has 0 heterocycles. The quantitative estimate of drug-likeness (QED) is 0.695. The van der Waals surface area contributed by atoms with E-state index in [1.807, 2.05) is 0 Å². The van der Waals surface area contributed by atoms with Gasteiger partial charge >= 0.3 is 0 Å². The lowest BCUT2D eigenvalue weighted by Gasteiger charge is -2.19. The molecular formula is C15H29N. The molecule has 2 fully saturated rings. The van der Waals surface area contributed by atoms with Crippen LogP contribution >= 0.6 is 0 Å². The Kier molecular flexibility index (Phi) is 4.69. The molecule has 3 unspecified atom stereocenters. The average Bonchev–Trinajstić information content (AvgIpc) is 3.12. The van der Waals surface area contributed by atoms with Gasteiger partial charge in [-0.3, -0.25) is 0 Å². The summed E-state index contributed by atoms with van der Waals surface area (Å²) in [5.74, 6) is 3.00. The maximum atomic E-state index is 3.83. The van der Waals surface area contributed by atoms with Crippen LogP contribution in [0.3, 0.4) is 0 Å². The SMILES string of the molecule is CCC1CCCC(NCC(C)C2CC2)CC1. The lowest BCUT2D eigenvalue weighted by molar-refractivity contribution is 0.383. The van der Waals surface area contributed by atoms with Gasteiger partial charge in [-0.15, -0.1) is 0 Å². The molecule has 2 aliphatic rings. The Hall–Kier alpha value is -0.0400. The van der Waals surface area contributed by atoms with Gasteiger partial charge in [-0.2, -0.15) is 0 Å². The zero-order valence-corrected chi connectivity index (χ0v) is 11.2. The van der Waals surface area contributed by atoms with Crippen LogP contribution < -0.4 is 5.32 Å². The molecule has 2 saturated carbocycles. The summed E-state index contributed by atoms with van der Waals surface area (Å²) in [5.41, 5.74) is 0. The van der Waals surface area contributed by atoms with Crippen molar-refractivity contribution in [1.82, 2.24) is 5.32 Å². The van der Waals surface area contributed by atoms with Crippen molar-refractivity contribution >= 4 is 0 Å². The standard InChI is InChI=1S/C15H29N/c1-3-13-5-4-6-15(10-7-13)16-11-12(2)14-8-9-14/h12-16H,3-11H2,1-2H3. The van der Waals surface area contributed by atoms with E-state index in [0.29, 0.717) is 0 Å². The fourth-order valence-corrected chi connectivity index (χ4v) is 3.18. The van der Waals surface area contributed by atoms with E-state index in [1.165, 1.54) is 57.9 Å². The van der Waals surface area contributed by atoms with Crippen LogP contribution in [0.25, 0.3) is 0 Å². The molecule has 1 heteroatoms. The van der Waals surface area contributed by atoms with E-state index in [9.17, 15) is 0 Å². The maximum absolute atomic E-state index is 3.83. The van der Waals surface area contributed by atoms with Crippen molar-refractivity contribution in [3.8, 4) is 0 Å². The summed E-state index contributed by atoms with van der Waals surface area (Å²) in [6, 6.07) is 0.831. The summed E-state index contributed by atoms with van der Waals surface area (Å²) in [7, 11) is 0. The van der Waals surface area contributed by atoms with Gasteiger partial charge in [0.25, 0.3) is 0 Å². The first-order valence-corrected chi connectivity index (χ1v) is 7.53. The van der Waals surface area contributed by atoms with Gasteiger partial charge in [-0.05, 0) is 56.4 Å². The second-order valence-corrected chi connectivity index (χ2v) is 6.20. The van der Waals surface area contributed by atoms with E-state index in [-0.39, 0.29) is 0 Å². The summed E-state index contributed by atoms with van der Waals surface area (Å²) in [5, 5.41) is 3.83. The van der Waals surface area contributed by atoms with Crippen LogP contribution in [-0.4, -0.2) is 12.6 Å². The Morgan fingerprint density at radius 3 is 2.56 bits per heavy atom. The predicted molar refractivity (Wildman–Crippen MR) is 70.5 cm³/mol. The molecule has 3 atom stereocenters. The monoisotopic (exact) mass is 223 g/mol. The highest BCUT2D eigenvalue weighted by atomic mass is 14.9. The Balaban J connectivity index is 1.64. The van der Waals surface area contributed by atoms with E-state index < -0.39 is 0 Å². The minimum atomic E-state index is 0.831. The second kappa shape index (κ2) is 6.05. The molecule has 0 aromatic carbocycles. The van der Waals surface area contributed by atoms with Gasteiger partial charge in [0, 0.05) is 6.04 Å². The third-order valence-electron chi connectivity index (χ3n) is 4.82. The van der Waals surface area contributed by atoms with Gasteiger partial charge < -0.3 is 5.32 Å². The molecule has 16 heavy (non-hydrogen) atoms. The number of hydrogen-bond donors (Lipinski definition) is 1. The molecule has 0 radical (unpaired) electrons. The highest BCUT2D eigenvalue weighted by Crippen LogP contribution is 2.36. The van der Waals surface area contributed by atoms with E-state index >= 15 is 0 Å². The first-order valence-electron chi connectivity index (χ1n) is 7.53. The van der Waals surface area contributed by atoms with Gasteiger partial charge in [-0.1, -0.05) is 33.1 Å². The van der Waals surface area contributed by atoms with E-state index in [1.54, 1.807) is 0 Å². The lowest BCUT2D eigenvalue weighted by Crippen LogP contribution is -2.32.